The van der Waals surface area contributed by atoms with Gasteiger partial charge in [-0.3, -0.25) is 0 Å². The summed E-state index contributed by atoms with van der Waals surface area (Å²) in [6, 6.07) is 6.47. The third-order valence-electron chi connectivity index (χ3n) is 2.47. The fraction of sp³-hybridized carbons (Fsp3) is 0.154. The van der Waals surface area contributed by atoms with Gasteiger partial charge in [0.15, 0.2) is 5.11 Å². The molecule has 0 saturated heterocycles. The highest BCUT2D eigenvalue weighted by Crippen LogP contribution is 2.30. The second kappa shape index (κ2) is 6.04. The fourth-order valence-electron chi connectivity index (χ4n) is 1.55. The number of aromatic nitrogens is 2. The number of aryl methyl sites for hydroxylation is 1. The lowest BCUT2D eigenvalue weighted by molar-refractivity contribution is -0.137. The first-order valence-corrected chi connectivity index (χ1v) is 6.30. The monoisotopic (exact) mass is 312 g/mol. The highest BCUT2D eigenvalue weighted by molar-refractivity contribution is 7.80. The summed E-state index contributed by atoms with van der Waals surface area (Å²) in [5, 5.41) is 5.48. The Bertz CT molecular complexity index is 658. The van der Waals surface area contributed by atoms with Crippen molar-refractivity contribution in [1.29, 1.82) is 0 Å². The molecule has 2 aromatic rings. The van der Waals surface area contributed by atoms with E-state index in [1.54, 1.807) is 19.2 Å². The summed E-state index contributed by atoms with van der Waals surface area (Å²) < 4.78 is 37.8. The lowest BCUT2D eigenvalue weighted by Crippen LogP contribution is -2.21. The first-order chi connectivity index (χ1) is 9.84. The number of anilines is 2. The van der Waals surface area contributed by atoms with Gasteiger partial charge in [-0.15, -0.1) is 0 Å². The highest BCUT2D eigenvalue weighted by Gasteiger charge is 2.30. The number of halogens is 3. The van der Waals surface area contributed by atoms with Crippen LogP contribution >= 0.6 is 12.2 Å². The molecule has 0 bridgehead atoms. The minimum Gasteiger partial charge on any atom is -0.332 e. The Labute approximate surface area is 124 Å². The molecule has 2 rings (SSSR count). The molecule has 1 heterocycles. The molecule has 0 saturated carbocycles. The van der Waals surface area contributed by atoms with Crippen LogP contribution < -0.4 is 10.6 Å². The molecule has 0 atom stereocenters. The van der Waals surface area contributed by atoms with E-state index in [4.69, 9.17) is 12.2 Å². The van der Waals surface area contributed by atoms with Crippen molar-refractivity contribution < 1.29 is 13.2 Å². The van der Waals surface area contributed by atoms with Gasteiger partial charge in [0.1, 0.15) is 0 Å². The van der Waals surface area contributed by atoms with Crippen molar-refractivity contribution in [2.45, 2.75) is 13.1 Å². The molecule has 1 aromatic carbocycles. The molecule has 8 heteroatoms. The second-order valence-corrected chi connectivity index (χ2v) is 4.59. The number of nitrogens with one attached hydrogen (secondary N) is 2. The molecule has 2 N–H and O–H groups in total. The summed E-state index contributed by atoms with van der Waals surface area (Å²) in [6.07, 6.45) is -2.84. The number of thiocarbonyl (C=S) groups is 1. The van der Waals surface area contributed by atoms with E-state index < -0.39 is 11.7 Å². The van der Waals surface area contributed by atoms with Crippen LogP contribution in [0.5, 0.6) is 0 Å². The number of rotatable bonds is 2. The van der Waals surface area contributed by atoms with Crippen LogP contribution in [0.4, 0.5) is 24.8 Å². The van der Waals surface area contributed by atoms with Gasteiger partial charge in [0, 0.05) is 17.6 Å². The molecule has 0 aliphatic carbocycles. The molecule has 0 aliphatic heterocycles. The largest absolute Gasteiger partial charge is 0.416 e. The summed E-state index contributed by atoms with van der Waals surface area (Å²) in [6.45, 7) is 1.79. The van der Waals surface area contributed by atoms with Crippen LogP contribution in [-0.4, -0.2) is 15.1 Å². The Kier molecular flexibility index (Phi) is 4.37. The van der Waals surface area contributed by atoms with Crippen LogP contribution in [0.25, 0.3) is 0 Å². The Morgan fingerprint density at radius 2 is 1.95 bits per heavy atom. The van der Waals surface area contributed by atoms with Crippen LogP contribution in [0.15, 0.2) is 36.5 Å². The average Bonchev–Trinajstić information content (AvgIpc) is 2.37. The summed E-state index contributed by atoms with van der Waals surface area (Å²) in [5.74, 6) is 0.277. The van der Waals surface area contributed by atoms with Crippen LogP contribution in [0.2, 0.25) is 0 Å². The zero-order valence-electron chi connectivity index (χ0n) is 10.9. The van der Waals surface area contributed by atoms with Gasteiger partial charge in [-0.2, -0.15) is 13.2 Å². The van der Waals surface area contributed by atoms with Crippen LogP contribution in [0.3, 0.4) is 0 Å². The van der Waals surface area contributed by atoms with Crippen LogP contribution in [0.1, 0.15) is 11.3 Å². The Morgan fingerprint density at radius 3 is 2.62 bits per heavy atom. The van der Waals surface area contributed by atoms with Crippen LogP contribution in [-0.2, 0) is 6.18 Å². The molecule has 0 amide bonds. The number of hydrogen-bond acceptors (Lipinski definition) is 3. The highest BCUT2D eigenvalue weighted by atomic mass is 32.1. The molecular weight excluding hydrogens is 301 g/mol. The zero-order chi connectivity index (χ0) is 15.5. The van der Waals surface area contributed by atoms with Gasteiger partial charge < -0.3 is 10.6 Å². The molecule has 0 aliphatic rings. The predicted molar refractivity (Wildman–Crippen MR) is 78.1 cm³/mol. The third-order valence-corrected chi connectivity index (χ3v) is 2.67. The molecule has 110 valence electrons. The summed E-state index contributed by atoms with van der Waals surface area (Å²) in [4.78, 5) is 8.03. The molecule has 21 heavy (non-hydrogen) atoms. The van der Waals surface area contributed by atoms with Crippen molar-refractivity contribution >= 4 is 29.0 Å². The second-order valence-electron chi connectivity index (χ2n) is 4.18. The lowest BCUT2D eigenvalue weighted by atomic mass is 10.2. The Hall–Kier alpha value is -2.22. The van der Waals surface area contributed by atoms with E-state index in [1.165, 1.54) is 12.1 Å². The molecular formula is C13H11F3N4S. The van der Waals surface area contributed by atoms with E-state index in [0.717, 1.165) is 17.8 Å². The van der Waals surface area contributed by atoms with E-state index in [-0.39, 0.29) is 16.7 Å². The van der Waals surface area contributed by atoms with E-state index in [1.807, 2.05) is 0 Å². The topological polar surface area (TPSA) is 49.8 Å². The quantitative estimate of drug-likeness (QED) is 0.830. The van der Waals surface area contributed by atoms with Gasteiger partial charge in [-0.1, -0.05) is 6.07 Å². The molecule has 1 aromatic heterocycles. The first-order valence-electron chi connectivity index (χ1n) is 5.89. The van der Waals surface area contributed by atoms with E-state index in [9.17, 15) is 13.2 Å². The van der Waals surface area contributed by atoms with Crippen molar-refractivity contribution in [3.05, 3.63) is 47.8 Å². The summed E-state index contributed by atoms with van der Waals surface area (Å²) >= 11 is 5.01. The Morgan fingerprint density at radius 1 is 1.19 bits per heavy atom. The normalized spacial score (nSPS) is 11.0. The SMILES string of the molecule is Cc1ccnc(NC(=S)Nc2cccc(C(F)(F)F)c2)n1. The number of benzene rings is 1. The van der Waals surface area contributed by atoms with Crippen molar-refractivity contribution in [1.82, 2.24) is 9.97 Å². The first kappa shape index (κ1) is 15.2. The van der Waals surface area contributed by atoms with E-state index in [2.05, 4.69) is 20.6 Å². The third kappa shape index (κ3) is 4.38. The summed E-state index contributed by atoms with van der Waals surface area (Å²) in [5.41, 5.74) is 0.228. The van der Waals surface area contributed by atoms with Crippen molar-refractivity contribution in [3.63, 3.8) is 0 Å². The minimum atomic E-state index is -4.40. The maximum absolute atomic E-state index is 12.6. The molecule has 0 fully saturated rings. The minimum absolute atomic E-state index is 0.111. The standard InChI is InChI=1S/C13H11F3N4S/c1-8-5-6-17-11(18-8)20-12(21)19-10-4-2-3-9(7-10)13(14,15)16/h2-7H,1H3,(H2,17,18,19,20,21). The van der Waals surface area contributed by atoms with Crippen molar-refractivity contribution in [3.8, 4) is 0 Å². The van der Waals surface area contributed by atoms with E-state index >= 15 is 0 Å². The zero-order valence-corrected chi connectivity index (χ0v) is 11.7. The molecule has 4 nitrogen and oxygen atoms in total. The van der Waals surface area contributed by atoms with Gasteiger partial charge in [0.2, 0.25) is 5.95 Å². The number of alkyl halides is 3. The van der Waals surface area contributed by atoms with Crippen molar-refractivity contribution in [2.75, 3.05) is 10.6 Å². The molecule has 0 unspecified atom stereocenters. The maximum atomic E-state index is 12.6. The van der Waals surface area contributed by atoms with Gasteiger partial charge in [-0.25, -0.2) is 9.97 Å². The molecule has 0 radical (unpaired) electrons. The van der Waals surface area contributed by atoms with Crippen LogP contribution in [0, 0.1) is 6.92 Å². The fourth-order valence-corrected chi connectivity index (χ4v) is 1.76. The summed E-state index contributed by atoms with van der Waals surface area (Å²) in [7, 11) is 0. The number of nitrogens with zero attached hydrogens (tertiary/aromatic N) is 2. The predicted octanol–water partition coefficient (Wildman–Crippen LogP) is 3.61. The smallest absolute Gasteiger partial charge is 0.332 e. The van der Waals surface area contributed by atoms with E-state index in [0.29, 0.717) is 0 Å². The molecule has 0 spiro atoms. The Balaban J connectivity index is 2.06. The average molecular weight is 312 g/mol. The lowest BCUT2D eigenvalue weighted by Gasteiger charge is -2.12. The van der Waals surface area contributed by atoms with Crippen molar-refractivity contribution in [2.24, 2.45) is 0 Å². The van der Waals surface area contributed by atoms with Gasteiger partial charge >= 0.3 is 6.18 Å². The maximum Gasteiger partial charge on any atom is 0.416 e. The van der Waals surface area contributed by atoms with Gasteiger partial charge in [0.05, 0.1) is 5.56 Å². The van der Waals surface area contributed by atoms with Gasteiger partial charge in [0.25, 0.3) is 0 Å². The van der Waals surface area contributed by atoms with Gasteiger partial charge in [-0.05, 0) is 43.4 Å². The number of hydrogen-bond donors (Lipinski definition) is 2.